The molecule has 3 aromatic rings. The van der Waals surface area contributed by atoms with Crippen molar-refractivity contribution in [1.29, 1.82) is 0 Å². The van der Waals surface area contributed by atoms with Gasteiger partial charge in [-0.15, -0.1) is 0 Å². The van der Waals surface area contributed by atoms with Gasteiger partial charge in [0.2, 0.25) is 5.91 Å². The summed E-state index contributed by atoms with van der Waals surface area (Å²) < 4.78 is 6.91. The van der Waals surface area contributed by atoms with E-state index in [9.17, 15) is 9.59 Å². The van der Waals surface area contributed by atoms with Crippen molar-refractivity contribution in [1.82, 2.24) is 24.7 Å². The first-order valence-electron chi connectivity index (χ1n) is 10.7. The smallest absolute Gasteiger partial charge is 0.267 e. The summed E-state index contributed by atoms with van der Waals surface area (Å²) in [6.07, 6.45) is 1.19. The van der Waals surface area contributed by atoms with Gasteiger partial charge in [-0.3, -0.25) is 14.5 Å². The third-order valence-electron chi connectivity index (χ3n) is 6.03. The number of hydrogen-bond acceptors (Lipinski definition) is 7. The minimum atomic E-state index is -0.0186. The van der Waals surface area contributed by atoms with Gasteiger partial charge in [0.05, 0.1) is 18.7 Å². The van der Waals surface area contributed by atoms with E-state index in [1.807, 2.05) is 40.9 Å². The lowest BCUT2D eigenvalue weighted by atomic mass is 10.1. The van der Waals surface area contributed by atoms with Crippen molar-refractivity contribution in [3.05, 3.63) is 57.6 Å². The summed E-state index contributed by atoms with van der Waals surface area (Å²) >= 11 is 1.85. The second-order valence-electron chi connectivity index (χ2n) is 8.00. The van der Waals surface area contributed by atoms with Crippen molar-refractivity contribution in [3.63, 3.8) is 0 Å². The molecule has 9 heteroatoms. The molecule has 2 aliphatic heterocycles. The van der Waals surface area contributed by atoms with Crippen LogP contribution in [-0.2, 0) is 29.9 Å². The molecule has 0 unspecified atom stereocenters. The zero-order valence-electron chi connectivity index (χ0n) is 17.3. The van der Waals surface area contributed by atoms with E-state index in [1.54, 1.807) is 10.7 Å². The molecule has 162 valence electrons. The molecule has 5 rings (SSSR count). The number of aryl methyl sites for hydroxylation is 1. The van der Waals surface area contributed by atoms with Crippen molar-refractivity contribution < 1.29 is 9.32 Å². The molecule has 0 radical (unpaired) electrons. The molecular weight excluding hydrogens is 414 g/mol. The lowest BCUT2D eigenvalue weighted by Gasteiger charge is -2.34. The van der Waals surface area contributed by atoms with Gasteiger partial charge in [0.15, 0.2) is 5.58 Å². The fourth-order valence-corrected chi connectivity index (χ4v) is 5.14. The highest BCUT2D eigenvalue weighted by Crippen LogP contribution is 2.21. The lowest BCUT2D eigenvalue weighted by molar-refractivity contribution is -0.132. The van der Waals surface area contributed by atoms with Crippen molar-refractivity contribution in [3.8, 4) is 0 Å². The predicted octanol–water partition coefficient (Wildman–Crippen LogP) is 1.56. The topological polar surface area (TPSA) is 84.5 Å². The third-order valence-corrected chi connectivity index (χ3v) is 7.04. The Morgan fingerprint density at radius 1 is 1.13 bits per heavy atom. The summed E-state index contributed by atoms with van der Waals surface area (Å²) in [6, 6.07) is 9.36. The summed E-state index contributed by atoms with van der Waals surface area (Å²) in [4.78, 5) is 29.3. The van der Waals surface area contributed by atoms with Crippen LogP contribution in [0.4, 0.5) is 0 Å². The third kappa shape index (κ3) is 4.38. The second kappa shape index (κ2) is 8.84. The van der Waals surface area contributed by atoms with Crippen LogP contribution in [0.2, 0.25) is 0 Å². The summed E-state index contributed by atoms with van der Waals surface area (Å²) in [5.41, 5.74) is 3.53. The SMILES string of the molecule is O=C(Cc1noc2ccccc12)N1CCN(CCn2nc3c(cc2=O)CSCC3)CC1. The van der Waals surface area contributed by atoms with Gasteiger partial charge >= 0.3 is 0 Å². The normalized spacial score (nSPS) is 17.1. The molecule has 0 spiro atoms. The van der Waals surface area contributed by atoms with Crippen molar-refractivity contribution >= 4 is 28.6 Å². The molecule has 4 heterocycles. The number of para-hydroxylation sites is 1. The Kier molecular flexibility index (Phi) is 5.78. The summed E-state index contributed by atoms with van der Waals surface area (Å²) in [7, 11) is 0. The summed E-state index contributed by atoms with van der Waals surface area (Å²) in [5.74, 6) is 2.03. The molecule has 1 saturated heterocycles. The van der Waals surface area contributed by atoms with Crippen LogP contribution in [0, 0.1) is 0 Å². The van der Waals surface area contributed by atoms with Gasteiger partial charge in [-0.1, -0.05) is 17.3 Å². The molecular formula is C22H25N5O3S. The molecule has 0 N–H and O–H groups in total. The fraction of sp³-hybridized carbons (Fsp3) is 0.455. The van der Waals surface area contributed by atoms with Crippen LogP contribution in [-0.4, -0.2) is 69.1 Å². The van der Waals surface area contributed by atoms with E-state index in [0.717, 1.165) is 54.2 Å². The highest BCUT2D eigenvalue weighted by atomic mass is 32.2. The van der Waals surface area contributed by atoms with Gasteiger partial charge in [0.25, 0.3) is 5.56 Å². The largest absolute Gasteiger partial charge is 0.356 e. The molecule has 1 fully saturated rings. The predicted molar refractivity (Wildman–Crippen MR) is 119 cm³/mol. The van der Waals surface area contributed by atoms with Crippen LogP contribution in [0.25, 0.3) is 11.0 Å². The average molecular weight is 440 g/mol. The van der Waals surface area contributed by atoms with Crippen LogP contribution < -0.4 is 5.56 Å². The van der Waals surface area contributed by atoms with Gasteiger partial charge in [0, 0.05) is 56.4 Å². The minimum absolute atomic E-state index is 0.0186. The Labute approximate surface area is 184 Å². The number of aromatic nitrogens is 3. The Hall–Kier alpha value is -2.65. The first-order valence-corrected chi connectivity index (χ1v) is 11.8. The number of amides is 1. The van der Waals surface area contributed by atoms with Crippen LogP contribution >= 0.6 is 11.8 Å². The molecule has 31 heavy (non-hydrogen) atoms. The number of carbonyl (C=O) groups excluding carboxylic acids is 1. The van der Waals surface area contributed by atoms with Crippen LogP contribution in [0.1, 0.15) is 17.0 Å². The fourth-order valence-electron chi connectivity index (χ4n) is 4.19. The molecule has 1 aromatic carbocycles. The van der Waals surface area contributed by atoms with Crippen LogP contribution in [0.15, 0.2) is 39.6 Å². The molecule has 0 aliphatic carbocycles. The number of thioether (sulfide) groups is 1. The number of carbonyl (C=O) groups is 1. The summed E-state index contributed by atoms with van der Waals surface area (Å²) in [5, 5.41) is 9.56. The number of rotatable bonds is 5. The maximum Gasteiger partial charge on any atom is 0.267 e. The first-order chi connectivity index (χ1) is 15.2. The monoisotopic (exact) mass is 439 g/mol. The van der Waals surface area contributed by atoms with Gasteiger partial charge in [-0.2, -0.15) is 16.9 Å². The number of fused-ring (bicyclic) bond motifs is 2. The molecule has 8 nitrogen and oxygen atoms in total. The zero-order valence-corrected chi connectivity index (χ0v) is 18.1. The number of piperazine rings is 1. The number of nitrogens with zero attached hydrogens (tertiary/aromatic N) is 5. The highest BCUT2D eigenvalue weighted by Gasteiger charge is 2.23. The molecule has 0 saturated carbocycles. The Morgan fingerprint density at radius 2 is 1.97 bits per heavy atom. The van der Waals surface area contributed by atoms with Crippen molar-refractivity contribution in [2.75, 3.05) is 38.5 Å². The van der Waals surface area contributed by atoms with E-state index < -0.39 is 0 Å². The van der Waals surface area contributed by atoms with E-state index in [0.29, 0.717) is 30.9 Å². The van der Waals surface area contributed by atoms with Gasteiger partial charge in [-0.05, 0) is 23.4 Å². The first kappa shape index (κ1) is 20.3. The maximum atomic E-state index is 12.7. The Bertz CT molecular complexity index is 1150. The van der Waals surface area contributed by atoms with E-state index in [2.05, 4.69) is 15.2 Å². The minimum Gasteiger partial charge on any atom is -0.356 e. The summed E-state index contributed by atoms with van der Waals surface area (Å²) in [6.45, 7) is 4.29. The molecule has 0 atom stereocenters. The van der Waals surface area contributed by atoms with Crippen molar-refractivity contribution in [2.45, 2.75) is 25.1 Å². The second-order valence-corrected chi connectivity index (χ2v) is 9.11. The highest BCUT2D eigenvalue weighted by molar-refractivity contribution is 7.98. The van der Waals surface area contributed by atoms with E-state index in [1.165, 1.54) is 0 Å². The molecule has 1 amide bonds. The maximum absolute atomic E-state index is 12.7. The van der Waals surface area contributed by atoms with Gasteiger partial charge in [-0.25, -0.2) is 4.68 Å². The Morgan fingerprint density at radius 3 is 2.84 bits per heavy atom. The molecule has 2 aliphatic rings. The number of benzene rings is 1. The van der Waals surface area contributed by atoms with E-state index in [-0.39, 0.29) is 17.9 Å². The lowest BCUT2D eigenvalue weighted by Crippen LogP contribution is -2.50. The standard InChI is InChI=1S/C22H25N5O3S/c28-21(14-19-17-3-1-2-4-20(17)30-24-19)26-9-6-25(7-10-26)8-11-27-22(29)13-16-15-31-12-5-18(16)23-27/h1-4,13H,5-12,14-15H2. The average Bonchev–Trinajstić information content (AvgIpc) is 3.21. The van der Waals surface area contributed by atoms with Crippen molar-refractivity contribution in [2.24, 2.45) is 0 Å². The zero-order chi connectivity index (χ0) is 21.2. The van der Waals surface area contributed by atoms with Crippen LogP contribution in [0.5, 0.6) is 0 Å². The quantitative estimate of drug-likeness (QED) is 0.596. The van der Waals surface area contributed by atoms with Gasteiger partial charge < -0.3 is 9.42 Å². The van der Waals surface area contributed by atoms with E-state index in [4.69, 9.17) is 4.52 Å². The van der Waals surface area contributed by atoms with Gasteiger partial charge in [0.1, 0.15) is 5.69 Å². The number of hydrogen-bond donors (Lipinski definition) is 0. The molecule has 2 aromatic heterocycles. The Balaban J connectivity index is 1.14. The molecule has 0 bridgehead atoms. The van der Waals surface area contributed by atoms with Crippen LogP contribution in [0.3, 0.4) is 0 Å². The van der Waals surface area contributed by atoms with E-state index >= 15 is 0 Å².